The summed E-state index contributed by atoms with van der Waals surface area (Å²) in [4.78, 5) is 29.4. The molecule has 2 heterocycles. The van der Waals surface area contributed by atoms with Gasteiger partial charge in [0.2, 0.25) is 11.8 Å². The molecule has 170 valence electrons. The van der Waals surface area contributed by atoms with E-state index in [1.54, 1.807) is 30.0 Å². The van der Waals surface area contributed by atoms with Gasteiger partial charge in [0.15, 0.2) is 5.65 Å². The first kappa shape index (κ1) is 23.5. The number of anilines is 1. The number of pyridine rings is 1. The Kier molecular flexibility index (Phi) is 7.35. The third-order valence-electron chi connectivity index (χ3n) is 5.35. The Balaban J connectivity index is 1.71. The number of aromatic nitrogens is 3. The molecule has 0 bridgehead atoms. The summed E-state index contributed by atoms with van der Waals surface area (Å²) in [6, 6.07) is 4.88. The first-order chi connectivity index (χ1) is 15.3. The molecule has 1 aromatic carbocycles. The second-order valence-corrected chi connectivity index (χ2v) is 8.04. The lowest BCUT2D eigenvalue weighted by Crippen LogP contribution is -2.24. The van der Waals surface area contributed by atoms with E-state index < -0.39 is 0 Å². The molecule has 0 aliphatic heterocycles. The van der Waals surface area contributed by atoms with Crippen molar-refractivity contribution in [2.45, 2.75) is 40.0 Å². The summed E-state index contributed by atoms with van der Waals surface area (Å²) in [7, 11) is 3.41. The van der Waals surface area contributed by atoms with E-state index in [-0.39, 0.29) is 18.2 Å². The fourth-order valence-corrected chi connectivity index (χ4v) is 3.95. The summed E-state index contributed by atoms with van der Waals surface area (Å²) >= 11 is 6.25. The zero-order valence-electron chi connectivity index (χ0n) is 19.0. The maximum atomic E-state index is 12.6. The molecule has 3 aromatic rings. The normalized spacial score (nSPS) is 10.9. The number of fused-ring (bicyclic) bond motifs is 1. The number of hydrogen-bond donors (Lipinski definition) is 2. The molecule has 32 heavy (non-hydrogen) atoms. The third-order valence-corrected chi connectivity index (χ3v) is 5.66. The molecule has 2 amide bonds. The molecule has 0 saturated heterocycles. The number of benzene rings is 1. The standard InChI is InChI=1S/C23H28ClN5O3/c1-6-11-25-22(31)17-8-7-15(12-18(17)24)27-19(30)10-9-16-13(2)20-21(26-14(16)3)29(4)28-23(20)32-5/h7-8,12H,6,9-11H2,1-5H3,(H,25,31)(H,27,30). The van der Waals surface area contributed by atoms with Gasteiger partial charge >= 0.3 is 0 Å². The maximum absolute atomic E-state index is 12.6. The van der Waals surface area contributed by atoms with Crippen LogP contribution >= 0.6 is 11.6 Å². The lowest BCUT2D eigenvalue weighted by molar-refractivity contribution is -0.116. The SMILES string of the molecule is CCCNC(=O)c1ccc(NC(=O)CCc2c(C)nc3c(c(OC)nn3C)c2C)cc1Cl. The molecule has 0 radical (unpaired) electrons. The number of nitrogens with zero attached hydrogens (tertiary/aromatic N) is 3. The zero-order valence-corrected chi connectivity index (χ0v) is 19.8. The van der Waals surface area contributed by atoms with Crippen molar-refractivity contribution in [3.8, 4) is 5.88 Å². The fourth-order valence-electron chi connectivity index (χ4n) is 3.68. The highest BCUT2D eigenvalue weighted by Gasteiger charge is 2.19. The number of rotatable bonds is 8. The Morgan fingerprint density at radius 3 is 2.66 bits per heavy atom. The second-order valence-electron chi connectivity index (χ2n) is 7.63. The van der Waals surface area contributed by atoms with Crippen LogP contribution in [0.15, 0.2) is 18.2 Å². The Labute approximate surface area is 192 Å². The molecule has 0 aliphatic rings. The molecule has 0 saturated carbocycles. The van der Waals surface area contributed by atoms with Crippen molar-refractivity contribution >= 4 is 40.1 Å². The molecule has 2 N–H and O–H groups in total. The predicted molar refractivity (Wildman–Crippen MR) is 126 cm³/mol. The number of methoxy groups -OCH3 is 1. The molecule has 0 spiro atoms. The van der Waals surface area contributed by atoms with Crippen molar-refractivity contribution in [3.63, 3.8) is 0 Å². The van der Waals surface area contributed by atoms with Gasteiger partial charge in [0, 0.05) is 31.4 Å². The highest BCUT2D eigenvalue weighted by molar-refractivity contribution is 6.34. The molecule has 0 atom stereocenters. The minimum Gasteiger partial charge on any atom is -0.479 e. The minimum absolute atomic E-state index is 0.152. The van der Waals surface area contributed by atoms with Crippen LogP contribution in [-0.4, -0.2) is 40.2 Å². The van der Waals surface area contributed by atoms with Gasteiger partial charge in [-0.25, -0.2) is 9.67 Å². The minimum atomic E-state index is -0.227. The Hall–Kier alpha value is -3.13. The second kappa shape index (κ2) is 9.99. The van der Waals surface area contributed by atoms with Crippen LogP contribution in [0.1, 0.15) is 46.9 Å². The van der Waals surface area contributed by atoms with E-state index in [2.05, 4.69) is 20.7 Å². The maximum Gasteiger partial charge on any atom is 0.252 e. The van der Waals surface area contributed by atoms with Gasteiger partial charge in [-0.05, 0) is 56.0 Å². The molecular formula is C23H28ClN5O3. The number of carbonyl (C=O) groups is 2. The van der Waals surface area contributed by atoms with Crippen molar-refractivity contribution in [1.29, 1.82) is 0 Å². The number of amides is 2. The van der Waals surface area contributed by atoms with Gasteiger partial charge in [0.05, 0.1) is 23.1 Å². The number of aryl methyl sites for hydroxylation is 3. The lowest BCUT2D eigenvalue weighted by atomic mass is 10.00. The largest absolute Gasteiger partial charge is 0.479 e. The van der Waals surface area contributed by atoms with Crippen LogP contribution in [0.3, 0.4) is 0 Å². The third kappa shape index (κ3) is 4.85. The molecule has 3 rings (SSSR count). The smallest absolute Gasteiger partial charge is 0.252 e. The van der Waals surface area contributed by atoms with Crippen LogP contribution in [0.2, 0.25) is 5.02 Å². The van der Waals surface area contributed by atoms with Crippen molar-refractivity contribution in [2.75, 3.05) is 19.0 Å². The first-order valence-electron chi connectivity index (χ1n) is 10.5. The van der Waals surface area contributed by atoms with Crippen molar-refractivity contribution in [2.24, 2.45) is 7.05 Å². The number of hydrogen-bond acceptors (Lipinski definition) is 5. The number of ether oxygens (including phenoxy) is 1. The van der Waals surface area contributed by atoms with Gasteiger partial charge in [0.25, 0.3) is 5.91 Å². The van der Waals surface area contributed by atoms with Gasteiger partial charge in [-0.1, -0.05) is 18.5 Å². The molecule has 8 nitrogen and oxygen atoms in total. The molecular weight excluding hydrogens is 430 g/mol. The average molecular weight is 458 g/mol. The van der Waals surface area contributed by atoms with E-state index in [4.69, 9.17) is 16.3 Å². The summed E-state index contributed by atoms with van der Waals surface area (Å²) in [5, 5.41) is 11.1. The van der Waals surface area contributed by atoms with Gasteiger partial charge < -0.3 is 15.4 Å². The highest BCUT2D eigenvalue weighted by Crippen LogP contribution is 2.30. The number of nitrogens with one attached hydrogen (secondary N) is 2. The lowest BCUT2D eigenvalue weighted by Gasteiger charge is -2.12. The summed E-state index contributed by atoms with van der Waals surface area (Å²) < 4.78 is 7.09. The quantitative estimate of drug-likeness (QED) is 0.533. The number of halogens is 1. The van der Waals surface area contributed by atoms with Gasteiger partial charge in [-0.2, -0.15) is 0 Å². The highest BCUT2D eigenvalue weighted by atomic mass is 35.5. The average Bonchev–Trinajstić information content (AvgIpc) is 3.07. The van der Waals surface area contributed by atoms with E-state index >= 15 is 0 Å². The van der Waals surface area contributed by atoms with Crippen LogP contribution in [0, 0.1) is 13.8 Å². The van der Waals surface area contributed by atoms with Gasteiger partial charge in [0.1, 0.15) is 0 Å². The summed E-state index contributed by atoms with van der Waals surface area (Å²) in [5.74, 6) is 0.145. The Morgan fingerprint density at radius 2 is 2.00 bits per heavy atom. The molecule has 0 fully saturated rings. The van der Waals surface area contributed by atoms with Crippen molar-refractivity contribution in [1.82, 2.24) is 20.1 Å². The van der Waals surface area contributed by atoms with E-state index in [1.165, 1.54) is 0 Å². The summed E-state index contributed by atoms with van der Waals surface area (Å²) in [6.45, 7) is 6.49. The summed E-state index contributed by atoms with van der Waals surface area (Å²) in [5.41, 5.74) is 4.55. The van der Waals surface area contributed by atoms with E-state index in [1.807, 2.05) is 27.8 Å². The topological polar surface area (TPSA) is 98.1 Å². The molecule has 0 aliphatic carbocycles. The van der Waals surface area contributed by atoms with E-state index in [0.29, 0.717) is 35.1 Å². The Bertz CT molecular complexity index is 1170. The van der Waals surface area contributed by atoms with Crippen LogP contribution in [0.25, 0.3) is 11.0 Å². The fraction of sp³-hybridized carbons (Fsp3) is 0.391. The summed E-state index contributed by atoms with van der Waals surface area (Å²) in [6.07, 6.45) is 1.63. The van der Waals surface area contributed by atoms with Crippen LogP contribution in [-0.2, 0) is 18.3 Å². The van der Waals surface area contributed by atoms with Gasteiger partial charge in [-0.3, -0.25) is 9.59 Å². The van der Waals surface area contributed by atoms with Crippen LogP contribution in [0.5, 0.6) is 5.88 Å². The first-order valence-corrected chi connectivity index (χ1v) is 10.9. The van der Waals surface area contributed by atoms with Crippen LogP contribution in [0.4, 0.5) is 5.69 Å². The monoisotopic (exact) mass is 457 g/mol. The molecule has 9 heteroatoms. The number of carbonyl (C=O) groups excluding carboxylic acids is 2. The molecule has 0 unspecified atom stereocenters. The van der Waals surface area contributed by atoms with Crippen molar-refractivity contribution < 1.29 is 14.3 Å². The van der Waals surface area contributed by atoms with E-state index in [9.17, 15) is 9.59 Å². The van der Waals surface area contributed by atoms with Crippen molar-refractivity contribution in [3.05, 3.63) is 45.6 Å². The van der Waals surface area contributed by atoms with E-state index in [0.717, 1.165) is 34.3 Å². The molecule has 2 aromatic heterocycles. The zero-order chi connectivity index (χ0) is 23.4. The van der Waals surface area contributed by atoms with Crippen LogP contribution < -0.4 is 15.4 Å². The predicted octanol–water partition coefficient (Wildman–Crippen LogP) is 3.96. The van der Waals surface area contributed by atoms with Gasteiger partial charge in [-0.15, -0.1) is 5.10 Å². The Morgan fingerprint density at radius 1 is 1.25 bits per heavy atom.